The number of carbonyl (C=O) groups excluding carboxylic acids is 1. The van der Waals surface area contributed by atoms with Crippen molar-refractivity contribution in [2.45, 2.75) is 26.8 Å². The van der Waals surface area contributed by atoms with Crippen molar-refractivity contribution in [2.24, 2.45) is 5.73 Å². The molecule has 0 spiro atoms. The average Bonchev–Trinajstić information content (AvgIpc) is 2.47. The zero-order chi connectivity index (χ0) is 10.7. The van der Waals surface area contributed by atoms with Crippen LogP contribution in [0.1, 0.15) is 28.7 Å². The number of rotatable bonds is 3. The van der Waals surface area contributed by atoms with E-state index in [1.54, 1.807) is 0 Å². The van der Waals surface area contributed by atoms with E-state index in [-0.39, 0.29) is 11.9 Å². The Morgan fingerprint density at radius 1 is 1.64 bits per heavy atom. The molecule has 0 bridgehead atoms. The monoisotopic (exact) mass is 196 g/mol. The van der Waals surface area contributed by atoms with Crippen molar-refractivity contribution in [2.75, 3.05) is 6.54 Å². The van der Waals surface area contributed by atoms with E-state index in [9.17, 15) is 4.79 Å². The van der Waals surface area contributed by atoms with Gasteiger partial charge in [-0.1, -0.05) is 0 Å². The molecule has 1 unspecified atom stereocenters. The van der Waals surface area contributed by atoms with E-state index in [0.29, 0.717) is 12.2 Å². The third kappa shape index (κ3) is 2.11. The Balaban J connectivity index is 2.75. The van der Waals surface area contributed by atoms with E-state index < -0.39 is 0 Å². The summed E-state index contributed by atoms with van der Waals surface area (Å²) >= 11 is 0. The molecule has 0 aromatic carbocycles. The predicted octanol–water partition coefficient (Wildman–Crippen LogP) is 0.104. The number of nitrogens with one attached hydrogen (secondary N) is 2. The van der Waals surface area contributed by atoms with Crippen LogP contribution >= 0.6 is 0 Å². The summed E-state index contributed by atoms with van der Waals surface area (Å²) in [6.07, 6.45) is 0. The number of hydrogen-bond donors (Lipinski definition) is 3. The van der Waals surface area contributed by atoms with Crippen LogP contribution in [-0.4, -0.2) is 28.7 Å². The fourth-order valence-electron chi connectivity index (χ4n) is 1.06. The van der Waals surface area contributed by atoms with E-state index in [4.69, 9.17) is 5.73 Å². The second-order valence-corrected chi connectivity index (χ2v) is 3.43. The number of nitrogens with zero attached hydrogens (tertiary/aromatic N) is 1. The molecule has 14 heavy (non-hydrogen) atoms. The van der Waals surface area contributed by atoms with Gasteiger partial charge in [0.15, 0.2) is 5.69 Å². The van der Waals surface area contributed by atoms with E-state index >= 15 is 0 Å². The molecular weight excluding hydrogens is 180 g/mol. The van der Waals surface area contributed by atoms with E-state index in [0.717, 1.165) is 11.3 Å². The van der Waals surface area contributed by atoms with Gasteiger partial charge in [-0.25, -0.2) is 0 Å². The van der Waals surface area contributed by atoms with Gasteiger partial charge in [0.1, 0.15) is 0 Å². The highest BCUT2D eigenvalue weighted by Crippen LogP contribution is 2.07. The Morgan fingerprint density at radius 2 is 2.29 bits per heavy atom. The summed E-state index contributed by atoms with van der Waals surface area (Å²) in [6, 6.07) is -0.0288. The molecule has 0 saturated carbocycles. The van der Waals surface area contributed by atoms with Gasteiger partial charge in [0.25, 0.3) is 5.91 Å². The first-order chi connectivity index (χ1) is 6.56. The molecule has 78 valence electrons. The van der Waals surface area contributed by atoms with Gasteiger partial charge in [0.2, 0.25) is 0 Å². The summed E-state index contributed by atoms with van der Waals surface area (Å²) in [5.74, 6) is -0.176. The number of amides is 1. The van der Waals surface area contributed by atoms with Crippen molar-refractivity contribution in [3.63, 3.8) is 0 Å². The van der Waals surface area contributed by atoms with Gasteiger partial charge in [0, 0.05) is 23.8 Å². The lowest BCUT2D eigenvalue weighted by atomic mass is 10.2. The Hall–Kier alpha value is -1.36. The topological polar surface area (TPSA) is 83.8 Å². The number of hydrogen-bond acceptors (Lipinski definition) is 3. The predicted molar refractivity (Wildman–Crippen MR) is 54.0 cm³/mol. The van der Waals surface area contributed by atoms with Crippen LogP contribution in [0, 0.1) is 13.8 Å². The van der Waals surface area contributed by atoms with Gasteiger partial charge in [-0.3, -0.25) is 9.89 Å². The minimum Gasteiger partial charge on any atom is -0.347 e. The van der Waals surface area contributed by atoms with Crippen LogP contribution in [0.2, 0.25) is 0 Å². The zero-order valence-corrected chi connectivity index (χ0v) is 8.72. The van der Waals surface area contributed by atoms with Crippen molar-refractivity contribution in [3.05, 3.63) is 17.0 Å². The SMILES string of the molecule is Cc1[nH]nc(C(=O)NC(C)CN)c1C. The molecule has 1 rings (SSSR count). The molecule has 0 fully saturated rings. The summed E-state index contributed by atoms with van der Waals surface area (Å²) in [4.78, 5) is 11.6. The highest BCUT2D eigenvalue weighted by Gasteiger charge is 2.15. The standard InChI is InChI=1S/C9H16N4O/c1-5(4-10)11-9(14)8-6(2)7(3)12-13-8/h5H,4,10H2,1-3H3,(H,11,14)(H,12,13). The molecular formula is C9H16N4O. The van der Waals surface area contributed by atoms with Gasteiger partial charge in [-0.15, -0.1) is 0 Å². The van der Waals surface area contributed by atoms with Crippen molar-refractivity contribution >= 4 is 5.91 Å². The van der Waals surface area contributed by atoms with Crippen LogP contribution in [0.25, 0.3) is 0 Å². The van der Waals surface area contributed by atoms with Gasteiger partial charge < -0.3 is 11.1 Å². The molecule has 1 atom stereocenters. The van der Waals surface area contributed by atoms with Gasteiger partial charge >= 0.3 is 0 Å². The maximum Gasteiger partial charge on any atom is 0.272 e. The molecule has 1 aromatic rings. The first-order valence-corrected chi connectivity index (χ1v) is 4.58. The second-order valence-electron chi connectivity index (χ2n) is 3.43. The molecule has 0 aliphatic heterocycles. The minimum atomic E-state index is -0.176. The molecule has 0 aliphatic rings. The summed E-state index contributed by atoms with van der Waals surface area (Å²) in [7, 11) is 0. The molecule has 5 nitrogen and oxygen atoms in total. The van der Waals surface area contributed by atoms with Gasteiger partial charge in [-0.05, 0) is 20.8 Å². The Bertz CT molecular complexity index is 332. The first kappa shape index (κ1) is 10.7. The molecule has 4 N–H and O–H groups in total. The smallest absolute Gasteiger partial charge is 0.272 e. The van der Waals surface area contributed by atoms with Crippen LogP contribution in [0.3, 0.4) is 0 Å². The summed E-state index contributed by atoms with van der Waals surface area (Å²) in [5.41, 5.74) is 7.64. The second kappa shape index (κ2) is 4.23. The molecule has 1 aromatic heterocycles. The molecule has 1 heterocycles. The normalized spacial score (nSPS) is 12.6. The Kier molecular flexibility index (Phi) is 3.24. The number of aromatic nitrogens is 2. The first-order valence-electron chi connectivity index (χ1n) is 4.58. The van der Waals surface area contributed by atoms with Crippen LogP contribution in [0.15, 0.2) is 0 Å². The lowest BCUT2D eigenvalue weighted by Gasteiger charge is -2.09. The van der Waals surface area contributed by atoms with Crippen LogP contribution in [-0.2, 0) is 0 Å². The Labute approximate surface area is 83.1 Å². The van der Waals surface area contributed by atoms with Crippen molar-refractivity contribution < 1.29 is 4.79 Å². The fraction of sp³-hybridized carbons (Fsp3) is 0.556. The van der Waals surface area contributed by atoms with Crippen molar-refractivity contribution in [3.8, 4) is 0 Å². The fourth-order valence-corrected chi connectivity index (χ4v) is 1.06. The highest BCUT2D eigenvalue weighted by atomic mass is 16.2. The van der Waals surface area contributed by atoms with Crippen LogP contribution in [0.4, 0.5) is 0 Å². The largest absolute Gasteiger partial charge is 0.347 e. The highest BCUT2D eigenvalue weighted by molar-refractivity contribution is 5.94. The molecule has 1 amide bonds. The van der Waals surface area contributed by atoms with Crippen molar-refractivity contribution in [1.82, 2.24) is 15.5 Å². The van der Waals surface area contributed by atoms with E-state index in [1.165, 1.54) is 0 Å². The molecule has 0 aliphatic carbocycles. The minimum absolute atomic E-state index is 0.0288. The van der Waals surface area contributed by atoms with Crippen LogP contribution in [0.5, 0.6) is 0 Å². The summed E-state index contributed by atoms with van der Waals surface area (Å²) in [6.45, 7) is 6.02. The Morgan fingerprint density at radius 3 is 2.71 bits per heavy atom. The van der Waals surface area contributed by atoms with Crippen molar-refractivity contribution in [1.29, 1.82) is 0 Å². The lowest BCUT2D eigenvalue weighted by molar-refractivity contribution is 0.0935. The van der Waals surface area contributed by atoms with Gasteiger partial charge in [0.05, 0.1) is 0 Å². The number of H-pyrrole nitrogens is 1. The lowest BCUT2D eigenvalue weighted by Crippen LogP contribution is -2.38. The zero-order valence-electron chi connectivity index (χ0n) is 8.72. The number of carbonyl (C=O) groups is 1. The number of aryl methyl sites for hydroxylation is 1. The number of aromatic amines is 1. The average molecular weight is 196 g/mol. The maximum absolute atomic E-state index is 11.6. The third-order valence-corrected chi connectivity index (χ3v) is 2.20. The summed E-state index contributed by atoms with van der Waals surface area (Å²) in [5, 5.41) is 9.45. The quantitative estimate of drug-likeness (QED) is 0.641. The molecule has 5 heteroatoms. The third-order valence-electron chi connectivity index (χ3n) is 2.20. The number of nitrogens with two attached hydrogens (primary N) is 1. The summed E-state index contributed by atoms with van der Waals surface area (Å²) < 4.78 is 0. The van der Waals surface area contributed by atoms with Gasteiger partial charge in [-0.2, -0.15) is 5.10 Å². The maximum atomic E-state index is 11.6. The molecule has 0 saturated heterocycles. The van der Waals surface area contributed by atoms with E-state index in [2.05, 4.69) is 15.5 Å². The van der Waals surface area contributed by atoms with Crippen LogP contribution < -0.4 is 11.1 Å². The van der Waals surface area contributed by atoms with E-state index in [1.807, 2.05) is 20.8 Å². The molecule has 0 radical (unpaired) electrons.